The van der Waals surface area contributed by atoms with Crippen molar-refractivity contribution in [2.75, 3.05) is 0 Å². The lowest BCUT2D eigenvalue weighted by Gasteiger charge is -2.16. The Balaban J connectivity index is 1.41. The van der Waals surface area contributed by atoms with E-state index in [4.69, 9.17) is 14.4 Å². The molecule has 0 unspecified atom stereocenters. The van der Waals surface area contributed by atoms with Gasteiger partial charge >= 0.3 is 0 Å². The minimum Gasteiger partial charge on any atom is -0.455 e. The zero-order valence-electron chi connectivity index (χ0n) is 26.7. The number of fused-ring (bicyclic) bond motifs is 8. The lowest BCUT2D eigenvalue weighted by atomic mass is 9.95. The minimum atomic E-state index is 0.415. The lowest BCUT2D eigenvalue weighted by molar-refractivity contribution is 0.673. The van der Waals surface area contributed by atoms with Crippen molar-refractivity contribution in [3.8, 4) is 45.7 Å². The lowest BCUT2D eigenvalue weighted by Crippen LogP contribution is -2.03. The molecule has 0 aliphatic rings. The van der Waals surface area contributed by atoms with Crippen molar-refractivity contribution < 1.29 is 4.42 Å². The molecule has 0 radical (unpaired) electrons. The predicted octanol–water partition coefficient (Wildman–Crippen LogP) is 11.5. The molecule has 232 valence electrons. The van der Waals surface area contributed by atoms with Crippen molar-refractivity contribution in [1.82, 2.24) is 14.5 Å². The number of furan rings is 1. The fourth-order valence-electron chi connectivity index (χ4n) is 7.38. The third kappa shape index (κ3) is 4.19. The fraction of sp³-hybridized carbons (Fsp3) is 0. The SMILES string of the molecule is N#Cc1c(-c2ccc3ccccc3c2)nc(-c2ccccc2)nc1-c1cc2c3ccccc3oc2c2c3ccccc3n(-c3ccccc3)c12. The standard InChI is InChI=1S/C45H26N4O/c46-27-37-41(31-24-23-28-13-7-8-16-30(28)25-31)47-45(29-14-3-1-4-15-29)48-42(37)36-26-35-33-19-10-12-22-39(33)50-44(35)40-34-20-9-11-21-38(34)49(43(36)40)32-17-5-2-6-18-32/h1-26H. The Morgan fingerprint density at radius 3 is 2.06 bits per heavy atom. The minimum absolute atomic E-state index is 0.415. The van der Waals surface area contributed by atoms with Crippen LogP contribution in [0.3, 0.4) is 0 Å². The smallest absolute Gasteiger partial charge is 0.160 e. The molecule has 10 rings (SSSR count). The van der Waals surface area contributed by atoms with E-state index in [2.05, 4.69) is 83.4 Å². The zero-order valence-corrected chi connectivity index (χ0v) is 26.7. The second kappa shape index (κ2) is 11.0. The van der Waals surface area contributed by atoms with Gasteiger partial charge in [0.1, 0.15) is 22.8 Å². The molecular weight excluding hydrogens is 613 g/mol. The maximum atomic E-state index is 11.1. The molecule has 3 aromatic heterocycles. The van der Waals surface area contributed by atoms with E-state index in [1.165, 1.54) is 0 Å². The number of aromatic nitrogens is 3. The predicted molar refractivity (Wildman–Crippen MR) is 202 cm³/mol. The molecule has 5 heteroatoms. The van der Waals surface area contributed by atoms with E-state index < -0.39 is 0 Å². The van der Waals surface area contributed by atoms with Crippen LogP contribution < -0.4 is 0 Å². The van der Waals surface area contributed by atoms with Crippen LogP contribution in [0.1, 0.15) is 5.56 Å². The Morgan fingerprint density at radius 2 is 1.24 bits per heavy atom. The third-order valence-electron chi connectivity index (χ3n) is 9.62. The summed E-state index contributed by atoms with van der Waals surface area (Å²) in [4.78, 5) is 10.4. The van der Waals surface area contributed by atoms with Gasteiger partial charge in [0.05, 0.1) is 27.8 Å². The molecule has 50 heavy (non-hydrogen) atoms. The summed E-state index contributed by atoms with van der Waals surface area (Å²) in [6.45, 7) is 0. The van der Waals surface area contributed by atoms with Gasteiger partial charge in [-0.05, 0) is 47.2 Å². The summed E-state index contributed by atoms with van der Waals surface area (Å²) in [5.74, 6) is 0.551. The molecule has 10 aromatic rings. The molecule has 5 nitrogen and oxygen atoms in total. The van der Waals surface area contributed by atoms with Crippen LogP contribution in [-0.2, 0) is 0 Å². The average Bonchev–Trinajstić information content (AvgIpc) is 3.73. The second-order valence-corrected chi connectivity index (χ2v) is 12.5. The molecule has 0 amide bonds. The van der Waals surface area contributed by atoms with Crippen molar-refractivity contribution in [2.24, 2.45) is 0 Å². The summed E-state index contributed by atoms with van der Waals surface area (Å²) >= 11 is 0. The van der Waals surface area contributed by atoms with E-state index >= 15 is 0 Å². The highest BCUT2D eigenvalue weighted by Gasteiger charge is 2.27. The van der Waals surface area contributed by atoms with Gasteiger partial charge in [-0.2, -0.15) is 5.26 Å². The topological polar surface area (TPSA) is 67.6 Å². The van der Waals surface area contributed by atoms with Gasteiger partial charge in [-0.15, -0.1) is 0 Å². The number of benzene rings is 7. The van der Waals surface area contributed by atoms with E-state index in [1.54, 1.807) is 0 Å². The van der Waals surface area contributed by atoms with Gasteiger partial charge in [0.2, 0.25) is 0 Å². The molecule has 0 fully saturated rings. The number of nitriles is 1. The Kier molecular flexibility index (Phi) is 6.17. The Hall–Kier alpha value is -7.03. The number of hydrogen-bond donors (Lipinski definition) is 0. The van der Waals surface area contributed by atoms with E-state index in [0.717, 1.165) is 76.9 Å². The maximum absolute atomic E-state index is 11.1. The third-order valence-corrected chi connectivity index (χ3v) is 9.62. The first-order valence-corrected chi connectivity index (χ1v) is 16.6. The summed E-state index contributed by atoms with van der Waals surface area (Å²) in [6.07, 6.45) is 0. The molecular formula is C45H26N4O. The largest absolute Gasteiger partial charge is 0.455 e. The van der Waals surface area contributed by atoms with Crippen LogP contribution >= 0.6 is 0 Å². The Bertz CT molecular complexity index is 2990. The van der Waals surface area contributed by atoms with Crippen LogP contribution in [0.5, 0.6) is 0 Å². The van der Waals surface area contributed by atoms with Gasteiger partial charge in [-0.25, -0.2) is 9.97 Å². The first-order valence-electron chi connectivity index (χ1n) is 16.6. The van der Waals surface area contributed by atoms with Crippen LogP contribution in [0, 0.1) is 11.3 Å². The molecule has 0 saturated heterocycles. The van der Waals surface area contributed by atoms with Crippen molar-refractivity contribution >= 4 is 54.5 Å². The molecule has 0 bridgehead atoms. The molecule has 0 saturated carbocycles. The number of nitrogens with zero attached hydrogens (tertiary/aromatic N) is 4. The van der Waals surface area contributed by atoms with Crippen molar-refractivity contribution in [3.05, 3.63) is 163 Å². The second-order valence-electron chi connectivity index (χ2n) is 12.5. The highest BCUT2D eigenvalue weighted by molar-refractivity contribution is 6.27. The van der Waals surface area contributed by atoms with E-state index in [9.17, 15) is 5.26 Å². The normalized spacial score (nSPS) is 11.6. The van der Waals surface area contributed by atoms with Crippen LogP contribution in [-0.4, -0.2) is 14.5 Å². The first kappa shape index (κ1) is 28.0. The van der Waals surface area contributed by atoms with Crippen LogP contribution in [0.15, 0.2) is 162 Å². The first-order chi connectivity index (χ1) is 24.8. The zero-order chi connectivity index (χ0) is 33.2. The van der Waals surface area contributed by atoms with Gasteiger partial charge in [-0.1, -0.05) is 121 Å². The van der Waals surface area contributed by atoms with Crippen LogP contribution in [0.25, 0.3) is 94.1 Å². The molecule has 7 aromatic carbocycles. The van der Waals surface area contributed by atoms with Crippen molar-refractivity contribution in [2.45, 2.75) is 0 Å². The quantitative estimate of drug-likeness (QED) is 0.192. The van der Waals surface area contributed by atoms with Gasteiger partial charge in [0.25, 0.3) is 0 Å². The summed E-state index contributed by atoms with van der Waals surface area (Å²) in [6, 6.07) is 56.1. The summed E-state index contributed by atoms with van der Waals surface area (Å²) in [5, 5.41) is 17.3. The van der Waals surface area contributed by atoms with Gasteiger partial charge < -0.3 is 8.98 Å². The molecule has 0 atom stereocenters. The number of para-hydroxylation sites is 3. The van der Waals surface area contributed by atoms with Crippen molar-refractivity contribution in [1.29, 1.82) is 5.26 Å². The highest BCUT2D eigenvalue weighted by Crippen LogP contribution is 2.46. The summed E-state index contributed by atoms with van der Waals surface area (Å²) in [7, 11) is 0. The van der Waals surface area contributed by atoms with Gasteiger partial charge in [0, 0.05) is 38.5 Å². The molecule has 0 spiro atoms. The molecule has 0 aliphatic heterocycles. The van der Waals surface area contributed by atoms with Gasteiger partial charge in [0.15, 0.2) is 5.82 Å². The Labute approximate surface area is 286 Å². The molecule has 3 heterocycles. The highest BCUT2D eigenvalue weighted by atomic mass is 16.3. The average molecular weight is 639 g/mol. The molecule has 0 aliphatic carbocycles. The fourth-order valence-corrected chi connectivity index (χ4v) is 7.38. The van der Waals surface area contributed by atoms with Gasteiger partial charge in [-0.3, -0.25) is 0 Å². The summed E-state index contributed by atoms with van der Waals surface area (Å²) in [5.41, 5.74) is 8.71. The number of rotatable bonds is 4. The van der Waals surface area contributed by atoms with Crippen LogP contribution in [0.2, 0.25) is 0 Å². The molecule has 0 N–H and O–H groups in total. The Morgan fingerprint density at radius 1 is 0.560 bits per heavy atom. The monoisotopic (exact) mass is 638 g/mol. The van der Waals surface area contributed by atoms with Crippen molar-refractivity contribution in [3.63, 3.8) is 0 Å². The van der Waals surface area contributed by atoms with Crippen LogP contribution in [0.4, 0.5) is 0 Å². The number of hydrogen-bond acceptors (Lipinski definition) is 4. The van der Waals surface area contributed by atoms with E-state index in [-0.39, 0.29) is 0 Å². The summed E-state index contributed by atoms with van der Waals surface area (Å²) < 4.78 is 8.96. The van der Waals surface area contributed by atoms with E-state index in [0.29, 0.717) is 22.8 Å². The maximum Gasteiger partial charge on any atom is 0.160 e. The van der Waals surface area contributed by atoms with E-state index in [1.807, 2.05) is 84.9 Å².